The Hall–Kier alpha value is -0.680. The Morgan fingerprint density at radius 3 is 2.62 bits per heavy atom. The number of alkyl halides is 3. The molecule has 0 aromatic heterocycles. The van der Waals surface area contributed by atoms with Gasteiger partial charge < -0.3 is 4.74 Å². The molecular formula is C10H8BrClF2O2. The highest BCUT2D eigenvalue weighted by Crippen LogP contribution is 2.27. The van der Waals surface area contributed by atoms with Crippen LogP contribution < -0.4 is 4.74 Å². The molecule has 0 aliphatic heterocycles. The van der Waals surface area contributed by atoms with Gasteiger partial charge in [0.25, 0.3) is 0 Å². The number of hydrogen-bond acceptors (Lipinski definition) is 2. The number of halogens is 4. The molecule has 2 nitrogen and oxygen atoms in total. The Morgan fingerprint density at radius 2 is 2.12 bits per heavy atom. The molecule has 0 bridgehead atoms. The molecule has 0 aliphatic carbocycles. The summed E-state index contributed by atoms with van der Waals surface area (Å²) >= 11 is 8.71. The molecule has 0 spiro atoms. The highest BCUT2D eigenvalue weighted by molar-refractivity contribution is 9.10. The predicted molar refractivity (Wildman–Crippen MR) is 60.8 cm³/mol. The molecule has 88 valence electrons. The van der Waals surface area contributed by atoms with Crippen molar-refractivity contribution < 1.29 is 18.3 Å². The highest BCUT2D eigenvalue weighted by Gasteiger charge is 2.19. The molecule has 1 aromatic carbocycles. The second kappa shape index (κ2) is 5.59. The van der Waals surface area contributed by atoms with Crippen LogP contribution in [0.4, 0.5) is 8.78 Å². The van der Waals surface area contributed by atoms with E-state index in [4.69, 9.17) is 11.6 Å². The molecule has 0 saturated heterocycles. The molecule has 6 heteroatoms. The molecule has 1 aromatic rings. The first-order valence-electron chi connectivity index (χ1n) is 4.34. The fraction of sp³-hybridized carbons (Fsp3) is 0.300. The van der Waals surface area contributed by atoms with E-state index in [1.54, 1.807) is 6.92 Å². The van der Waals surface area contributed by atoms with Crippen molar-refractivity contribution in [1.82, 2.24) is 0 Å². The van der Waals surface area contributed by atoms with E-state index in [1.807, 2.05) is 0 Å². The number of Topliss-reactive ketones (excluding diaryl/α,β-unsaturated/α-hetero) is 1. The number of ether oxygens (including phenoxy) is 1. The fourth-order valence-corrected chi connectivity index (χ4v) is 1.52. The smallest absolute Gasteiger partial charge is 0.387 e. The summed E-state index contributed by atoms with van der Waals surface area (Å²) < 4.78 is 28.5. The summed E-state index contributed by atoms with van der Waals surface area (Å²) in [6, 6.07) is 4.00. The largest absolute Gasteiger partial charge is 0.434 e. The summed E-state index contributed by atoms with van der Waals surface area (Å²) in [5.74, 6) is -0.550. The van der Waals surface area contributed by atoms with Gasteiger partial charge in [0.2, 0.25) is 0 Å². The van der Waals surface area contributed by atoms with E-state index < -0.39 is 11.4 Å². The molecule has 1 unspecified atom stereocenters. The standard InChI is InChI=1S/C10H8BrClF2O2/c1-5(11)9(15)7-3-2-6(12)4-8(7)16-10(13)14/h2-5,10H,1H3. The molecule has 0 amide bonds. The molecule has 0 fully saturated rings. The monoisotopic (exact) mass is 312 g/mol. The van der Waals surface area contributed by atoms with Crippen LogP contribution in [0.1, 0.15) is 17.3 Å². The quantitative estimate of drug-likeness (QED) is 0.622. The van der Waals surface area contributed by atoms with Crippen LogP contribution in [0.25, 0.3) is 0 Å². The number of carbonyl (C=O) groups is 1. The minimum atomic E-state index is -2.99. The second-order valence-corrected chi connectivity index (χ2v) is 4.81. The van der Waals surface area contributed by atoms with Crippen LogP contribution >= 0.6 is 27.5 Å². The molecule has 0 saturated carbocycles. The average Bonchev–Trinajstić information content (AvgIpc) is 2.15. The van der Waals surface area contributed by atoms with E-state index in [9.17, 15) is 13.6 Å². The van der Waals surface area contributed by atoms with E-state index in [1.165, 1.54) is 18.2 Å². The second-order valence-electron chi connectivity index (χ2n) is 3.00. The van der Waals surface area contributed by atoms with E-state index in [-0.39, 0.29) is 22.1 Å². The molecule has 1 atom stereocenters. The third-order valence-electron chi connectivity index (χ3n) is 1.79. The van der Waals surface area contributed by atoms with Gasteiger partial charge in [0.15, 0.2) is 5.78 Å². The maximum Gasteiger partial charge on any atom is 0.387 e. The van der Waals surface area contributed by atoms with Crippen LogP contribution in [0, 0.1) is 0 Å². The third-order valence-corrected chi connectivity index (χ3v) is 2.44. The van der Waals surface area contributed by atoms with Crippen molar-refractivity contribution in [2.24, 2.45) is 0 Å². The molecule has 0 aliphatic rings. The number of hydrogen-bond donors (Lipinski definition) is 0. The minimum Gasteiger partial charge on any atom is -0.434 e. The van der Waals surface area contributed by atoms with Crippen LogP contribution in [-0.4, -0.2) is 17.2 Å². The van der Waals surface area contributed by atoms with E-state index in [0.29, 0.717) is 0 Å². The van der Waals surface area contributed by atoms with E-state index in [2.05, 4.69) is 20.7 Å². The number of ketones is 1. The summed E-state index contributed by atoms with van der Waals surface area (Å²) in [7, 11) is 0. The molecule has 0 heterocycles. The summed E-state index contributed by atoms with van der Waals surface area (Å²) in [6.45, 7) is -1.39. The van der Waals surface area contributed by atoms with Crippen molar-refractivity contribution in [3.05, 3.63) is 28.8 Å². The Kier molecular flexibility index (Phi) is 4.68. The van der Waals surface area contributed by atoms with Gasteiger partial charge >= 0.3 is 6.61 Å². The summed E-state index contributed by atoms with van der Waals surface area (Å²) in [5, 5.41) is 0.231. The highest BCUT2D eigenvalue weighted by atomic mass is 79.9. The van der Waals surface area contributed by atoms with Crippen molar-refractivity contribution in [2.45, 2.75) is 18.4 Å². The lowest BCUT2D eigenvalue weighted by Gasteiger charge is -2.11. The zero-order valence-electron chi connectivity index (χ0n) is 8.22. The van der Waals surface area contributed by atoms with Crippen LogP contribution in [0.2, 0.25) is 5.02 Å². The first kappa shape index (κ1) is 13.4. The third kappa shape index (κ3) is 3.42. The topological polar surface area (TPSA) is 26.3 Å². The van der Waals surface area contributed by atoms with Crippen molar-refractivity contribution in [2.75, 3.05) is 0 Å². The number of rotatable bonds is 4. The molecule has 0 radical (unpaired) electrons. The van der Waals surface area contributed by atoms with Crippen molar-refractivity contribution in [1.29, 1.82) is 0 Å². The maximum atomic E-state index is 12.1. The van der Waals surface area contributed by atoms with Crippen LogP contribution in [0.3, 0.4) is 0 Å². The van der Waals surface area contributed by atoms with Crippen molar-refractivity contribution in [3.8, 4) is 5.75 Å². The van der Waals surface area contributed by atoms with Crippen LogP contribution in [0.15, 0.2) is 18.2 Å². The molecule has 0 N–H and O–H groups in total. The lowest BCUT2D eigenvalue weighted by molar-refractivity contribution is -0.0501. The van der Waals surface area contributed by atoms with Crippen LogP contribution in [-0.2, 0) is 0 Å². The summed E-state index contributed by atoms with van der Waals surface area (Å²) in [6.07, 6.45) is 0. The summed E-state index contributed by atoms with van der Waals surface area (Å²) in [5.41, 5.74) is 0.0778. The summed E-state index contributed by atoms with van der Waals surface area (Å²) in [4.78, 5) is 11.2. The van der Waals surface area contributed by atoms with Gasteiger partial charge in [-0.05, 0) is 25.1 Å². The van der Waals surface area contributed by atoms with Gasteiger partial charge in [-0.25, -0.2) is 0 Å². The number of benzene rings is 1. The van der Waals surface area contributed by atoms with Gasteiger partial charge in [0.05, 0.1) is 10.4 Å². The zero-order valence-corrected chi connectivity index (χ0v) is 10.6. The van der Waals surface area contributed by atoms with Gasteiger partial charge in [0, 0.05) is 5.02 Å². The van der Waals surface area contributed by atoms with Crippen molar-refractivity contribution >= 4 is 33.3 Å². The Bertz CT molecular complexity index is 396. The molecule has 16 heavy (non-hydrogen) atoms. The first-order chi connectivity index (χ1) is 7.41. The van der Waals surface area contributed by atoms with Crippen molar-refractivity contribution in [3.63, 3.8) is 0 Å². The first-order valence-corrected chi connectivity index (χ1v) is 5.64. The van der Waals surface area contributed by atoms with Gasteiger partial charge in [-0.15, -0.1) is 0 Å². The Labute approximate surface area is 105 Å². The SMILES string of the molecule is CC(Br)C(=O)c1ccc(Cl)cc1OC(F)F. The molecule has 1 rings (SSSR count). The minimum absolute atomic E-state index is 0.0778. The fourth-order valence-electron chi connectivity index (χ4n) is 1.11. The normalized spacial score (nSPS) is 12.6. The van der Waals surface area contributed by atoms with Gasteiger partial charge in [-0.2, -0.15) is 8.78 Å². The average molecular weight is 314 g/mol. The molecular weight excluding hydrogens is 305 g/mol. The van der Waals surface area contributed by atoms with E-state index in [0.717, 1.165) is 0 Å². The lowest BCUT2D eigenvalue weighted by Crippen LogP contribution is -2.13. The predicted octanol–water partition coefficient (Wildman–Crippen LogP) is 3.91. The Balaban J connectivity index is 3.12. The van der Waals surface area contributed by atoms with E-state index >= 15 is 0 Å². The zero-order chi connectivity index (χ0) is 12.3. The van der Waals surface area contributed by atoms with Crippen LogP contribution in [0.5, 0.6) is 5.75 Å². The van der Waals surface area contributed by atoms with Gasteiger partial charge in [-0.1, -0.05) is 27.5 Å². The van der Waals surface area contributed by atoms with Gasteiger partial charge in [0.1, 0.15) is 5.75 Å². The Morgan fingerprint density at radius 1 is 1.50 bits per heavy atom. The number of carbonyl (C=O) groups excluding carboxylic acids is 1. The van der Waals surface area contributed by atoms with Gasteiger partial charge in [-0.3, -0.25) is 4.79 Å². The lowest BCUT2D eigenvalue weighted by atomic mass is 10.1. The maximum absolute atomic E-state index is 12.1.